The molecular weight excluding hydrogens is 264 g/mol. The van der Waals surface area contributed by atoms with Gasteiger partial charge in [-0.1, -0.05) is 37.3 Å². The Balaban J connectivity index is 2.28. The molecule has 0 spiro atoms. The monoisotopic (exact) mass is 290 g/mol. The van der Waals surface area contributed by atoms with Gasteiger partial charge in [0.15, 0.2) is 0 Å². The minimum absolute atomic E-state index is 0.216. The molecule has 0 radical (unpaired) electrons. The van der Waals surface area contributed by atoms with Crippen LogP contribution in [-0.2, 0) is 11.2 Å². The predicted molar refractivity (Wildman–Crippen MR) is 85.9 cm³/mol. The smallest absolute Gasteiger partial charge is 0.407 e. The molecule has 0 aliphatic heterocycles. The number of hydrogen-bond donors (Lipinski definition) is 2. The summed E-state index contributed by atoms with van der Waals surface area (Å²) >= 11 is 0. The Hall–Kier alpha value is -1.84. The van der Waals surface area contributed by atoms with Crippen LogP contribution in [0.4, 0.5) is 4.79 Å². The Morgan fingerprint density at radius 2 is 1.90 bits per heavy atom. The Bertz CT molecular complexity index is 463. The molecule has 1 aromatic carbocycles. The second kappa shape index (κ2) is 7.81. The van der Waals surface area contributed by atoms with Crippen LogP contribution in [0.1, 0.15) is 39.7 Å². The third-order valence-corrected chi connectivity index (χ3v) is 2.85. The fourth-order valence-electron chi connectivity index (χ4n) is 1.98. The van der Waals surface area contributed by atoms with E-state index in [4.69, 9.17) is 10.1 Å². The number of rotatable bonds is 6. The van der Waals surface area contributed by atoms with E-state index in [0.29, 0.717) is 25.1 Å². The topological polar surface area (TPSA) is 62.2 Å². The lowest BCUT2D eigenvalue weighted by atomic mass is 9.99. The van der Waals surface area contributed by atoms with Crippen LogP contribution < -0.4 is 5.32 Å². The molecule has 116 valence electrons. The molecule has 0 aromatic heterocycles. The fourth-order valence-corrected chi connectivity index (χ4v) is 1.98. The highest BCUT2D eigenvalue weighted by molar-refractivity contribution is 5.83. The zero-order valence-corrected chi connectivity index (χ0v) is 13.4. The van der Waals surface area contributed by atoms with Crippen molar-refractivity contribution in [2.24, 2.45) is 5.92 Å². The summed E-state index contributed by atoms with van der Waals surface area (Å²) in [6, 6.07) is 9.99. The van der Waals surface area contributed by atoms with Crippen LogP contribution in [0.25, 0.3) is 0 Å². The van der Waals surface area contributed by atoms with Crippen molar-refractivity contribution >= 4 is 11.8 Å². The third-order valence-electron chi connectivity index (χ3n) is 2.85. The van der Waals surface area contributed by atoms with Crippen molar-refractivity contribution < 1.29 is 9.53 Å². The molecule has 21 heavy (non-hydrogen) atoms. The van der Waals surface area contributed by atoms with Gasteiger partial charge < -0.3 is 15.5 Å². The predicted octanol–water partition coefficient (Wildman–Crippen LogP) is 3.80. The van der Waals surface area contributed by atoms with E-state index in [1.54, 1.807) is 0 Å². The van der Waals surface area contributed by atoms with Crippen molar-refractivity contribution in [3.05, 3.63) is 35.9 Å². The number of nitrogens with one attached hydrogen (secondary N) is 2. The van der Waals surface area contributed by atoms with Crippen molar-refractivity contribution in [1.29, 1.82) is 5.41 Å². The molecule has 1 amide bonds. The maximum Gasteiger partial charge on any atom is 0.407 e. The van der Waals surface area contributed by atoms with E-state index in [2.05, 4.69) is 5.32 Å². The maximum absolute atomic E-state index is 11.6. The minimum Gasteiger partial charge on any atom is -0.444 e. The summed E-state index contributed by atoms with van der Waals surface area (Å²) in [5.74, 6) is 0.216. The van der Waals surface area contributed by atoms with Gasteiger partial charge in [0.2, 0.25) is 0 Å². The van der Waals surface area contributed by atoms with Gasteiger partial charge in [0, 0.05) is 18.7 Å². The van der Waals surface area contributed by atoms with E-state index in [-0.39, 0.29) is 5.92 Å². The number of ether oxygens (including phenoxy) is 1. The molecule has 2 N–H and O–H groups in total. The molecule has 0 saturated heterocycles. The van der Waals surface area contributed by atoms with Crippen LogP contribution in [0.3, 0.4) is 0 Å². The van der Waals surface area contributed by atoms with E-state index in [0.717, 1.165) is 5.56 Å². The lowest BCUT2D eigenvalue weighted by molar-refractivity contribution is 0.0521. The van der Waals surface area contributed by atoms with E-state index < -0.39 is 11.7 Å². The quantitative estimate of drug-likeness (QED) is 0.783. The normalized spacial score (nSPS) is 12.6. The van der Waals surface area contributed by atoms with E-state index in [9.17, 15) is 4.79 Å². The summed E-state index contributed by atoms with van der Waals surface area (Å²) in [4.78, 5) is 11.6. The number of alkyl carbamates (subject to hydrolysis) is 1. The van der Waals surface area contributed by atoms with Crippen molar-refractivity contribution in [2.45, 2.75) is 46.1 Å². The summed E-state index contributed by atoms with van der Waals surface area (Å²) < 4.78 is 5.19. The first-order valence-electron chi connectivity index (χ1n) is 7.33. The Labute approximate surface area is 127 Å². The Morgan fingerprint density at radius 3 is 2.48 bits per heavy atom. The van der Waals surface area contributed by atoms with Crippen LogP contribution in [0, 0.1) is 11.3 Å². The molecule has 0 aliphatic carbocycles. The minimum atomic E-state index is -0.479. The highest BCUT2D eigenvalue weighted by Gasteiger charge is 2.16. The van der Waals surface area contributed by atoms with Crippen LogP contribution >= 0.6 is 0 Å². The number of carbonyl (C=O) groups excluding carboxylic acids is 1. The Kier molecular flexibility index (Phi) is 6.40. The summed E-state index contributed by atoms with van der Waals surface area (Å²) in [7, 11) is 0. The number of amides is 1. The highest BCUT2D eigenvalue weighted by Crippen LogP contribution is 2.09. The summed E-state index contributed by atoms with van der Waals surface area (Å²) in [5, 5.41) is 10.8. The first-order chi connectivity index (χ1) is 9.76. The highest BCUT2D eigenvalue weighted by atomic mass is 16.6. The third kappa shape index (κ3) is 8.12. The largest absolute Gasteiger partial charge is 0.444 e. The van der Waals surface area contributed by atoms with Gasteiger partial charge in [-0.25, -0.2) is 4.79 Å². The molecule has 4 nitrogen and oxygen atoms in total. The van der Waals surface area contributed by atoms with Gasteiger partial charge >= 0.3 is 6.09 Å². The SMILES string of the molecule is CC(CNC(=O)OC(C)(C)C)CC(=N)Cc1ccccc1. The fraction of sp³-hybridized carbons (Fsp3) is 0.529. The van der Waals surface area contributed by atoms with Crippen LogP contribution in [0.5, 0.6) is 0 Å². The van der Waals surface area contributed by atoms with Gasteiger partial charge in [0.25, 0.3) is 0 Å². The molecule has 1 rings (SSSR count). The average Bonchev–Trinajstić information content (AvgIpc) is 2.35. The number of carbonyl (C=O) groups is 1. The van der Waals surface area contributed by atoms with Gasteiger partial charge in [0.05, 0.1) is 0 Å². The molecule has 0 fully saturated rings. The number of hydrogen-bond acceptors (Lipinski definition) is 3. The lowest BCUT2D eigenvalue weighted by Gasteiger charge is -2.21. The summed E-state index contributed by atoms with van der Waals surface area (Å²) in [5.41, 5.74) is 1.35. The van der Waals surface area contributed by atoms with Gasteiger partial charge in [-0.15, -0.1) is 0 Å². The standard InChI is InChI=1S/C17H26N2O2/c1-13(12-19-16(20)21-17(2,3)4)10-15(18)11-14-8-6-5-7-9-14/h5-9,13,18H,10-12H2,1-4H3,(H,19,20). The first-order valence-corrected chi connectivity index (χ1v) is 7.33. The lowest BCUT2D eigenvalue weighted by Crippen LogP contribution is -2.35. The molecule has 0 bridgehead atoms. The molecule has 4 heteroatoms. The van der Waals surface area contributed by atoms with Crippen molar-refractivity contribution in [2.75, 3.05) is 6.54 Å². The zero-order valence-electron chi connectivity index (χ0n) is 13.4. The first kappa shape index (κ1) is 17.2. The van der Waals surface area contributed by atoms with E-state index >= 15 is 0 Å². The second-order valence-electron chi connectivity index (χ2n) is 6.46. The maximum atomic E-state index is 11.6. The zero-order chi connectivity index (χ0) is 15.9. The molecule has 1 aromatic rings. The van der Waals surface area contributed by atoms with Crippen molar-refractivity contribution in [1.82, 2.24) is 5.32 Å². The molecule has 0 aliphatic rings. The van der Waals surface area contributed by atoms with Crippen LogP contribution in [0.2, 0.25) is 0 Å². The molecule has 1 atom stereocenters. The molecule has 1 unspecified atom stereocenters. The van der Waals surface area contributed by atoms with Gasteiger partial charge in [0.1, 0.15) is 5.60 Å². The van der Waals surface area contributed by atoms with E-state index in [1.807, 2.05) is 58.0 Å². The van der Waals surface area contributed by atoms with Crippen molar-refractivity contribution in [3.8, 4) is 0 Å². The molecule has 0 heterocycles. The van der Waals surface area contributed by atoms with Crippen molar-refractivity contribution in [3.63, 3.8) is 0 Å². The second-order valence-corrected chi connectivity index (χ2v) is 6.46. The summed E-state index contributed by atoms with van der Waals surface area (Å²) in [6.07, 6.45) is 0.936. The van der Waals surface area contributed by atoms with Gasteiger partial charge in [-0.05, 0) is 38.7 Å². The van der Waals surface area contributed by atoms with Crippen LogP contribution in [0.15, 0.2) is 30.3 Å². The molecule has 0 saturated carbocycles. The van der Waals surface area contributed by atoms with E-state index in [1.165, 1.54) is 0 Å². The van der Waals surface area contributed by atoms with Gasteiger partial charge in [-0.3, -0.25) is 0 Å². The Morgan fingerprint density at radius 1 is 1.29 bits per heavy atom. The van der Waals surface area contributed by atoms with Gasteiger partial charge in [-0.2, -0.15) is 0 Å². The molecular formula is C17H26N2O2. The number of benzene rings is 1. The summed E-state index contributed by atoms with van der Waals surface area (Å²) in [6.45, 7) is 8.06. The average molecular weight is 290 g/mol. The van der Waals surface area contributed by atoms with Crippen LogP contribution in [-0.4, -0.2) is 24.0 Å².